The lowest BCUT2D eigenvalue weighted by Crippen LogP contribution is -2.49. The van der Waals surface area contributed by atoms with Gasteiger partial charge in [-0.1, -0.05) is 48.5 Å². The number of nitrogens with zero attached hydrogens (tertiary/aromatic N) is 6. The number of aromatic nitrogens is 7. The number of methoxy groups -OCH3 is 1. The van der Waals surface area contributed by atoms with Gasteiger partial charge >= 0.3 is 12.2 Å². The number of rotatable bonds is 11. The number of amides is 4. The number of ether oxygens (including phenoxy) is 1. The summed E-state index contributed by atoms with van der Waals surface area (Å²) in [5.74, 6) is 0.832. The van der Waals surface area contributed by atoms with Crippen LogP contribution in [-0.4, -0.2) is 107 Å². The van der Waals surface area contributed by atoms with E-state index in [0.717, 1.165) is 52.9 Å². The molecule has 2 aliphatic rings. The van der Waals surface area contributed by atoms with Gasteiger partial charge in [-0.15, -0.1) is 0 Å². The zero-order chi connectivity index (χ0) is 37.8. The van der Waals surface area contributed by atoms with Crippen molar-refractivity contribution in [1.82, 2.24) is 55.8 Å². The van der Waals surface area contributed by atoms with Gasteiger partial charge in [0.2, 0.25) is 11.8 Å². The van der Waals surface area contributed by atoms with E-state index >= 15 is 0 Å². The largest absolute Gasteiger partial charge is 0.465 e. The summed E-state index contributed by atoms with van der Waals surface area (Å²) in [6.07, 6.45) is 6.22. The minimum absolute atomic E-state index is 0.0788. The van der Waals surface area contributed by atoms with E-state index in [0.29, 0.717) is 36.9 Å². The van der Waals surface area contributed by atoms with Gasteiger partial charge < -0.3 is 40.2 Å². The van der Waals surface area contributed by atoms with Crippen LogP contribution in [0, 0.1) is 0 Å². The summed E-state index contributed by atoms with van der Waals surface area (Å²) in [4.78, 5) is 69.2. The number of carbonyl (C=O) groups is 4. The third kappa shape index (κ3) is 7.65. The van der Waals surface area contributed by atoms with E-state index in [1.807, 2.05) is 48.5 Å². The van der Waals surface area contributed by atoms with Gasteiger partial charge in [0.05, 0.1) is 54.9 Å². The van der Waals surface area contributed by atoms with Crippen LogP contribution < -0.4 is 10.6 Å². The molecular weight excluding hydrogens is 694 g/mol. The minimum atomic E-state index is -1.29. The maximum atomic E-state index is 13.6. The highest BCUT2D eigenvalue weighted by Crippen LogP contribution is 2.34. The van der Waals surface area contributed by atoms with Crippen molar-refractivity contribution in [2.24, 2.45) is 0 Å². The van der Waals surface area contributed by atoms with Gasteiger partial charge in [-0.25, -0.2) is 19.6 Å². The highest BCUT2D eigenvalue weighted by Gasteiger charge is 2.37. The Bertz CT molecular complexity index is 2090. The fourth-order valence-electron chi connectivity index (χ4n) is 7.25. The maximum absolute atomic E-state index is 13.6. The standard InChI is InChI=1S/C37H41N11O6/c1-21(41-37(53)54-2)34(49)47-15-3-5-30(47)32-38-19-28(42-32)24-11-7-22(8-12-24)23-9-13-25(14-10-23)29-20-39-33(43-29)31-6-4-16-48(31)35(50)27(44-36(51)52)17-26-18-40-46-45-26/h7-14,18-21,27,30-31,44H,3-6,15-17H2,1-2H3,(H,38,42)(H,39,43)(H,41,53)(H,51,52)(H,40,45,46)/t21-,27-,30-,31-/m0/s1. The minimum Gasteiger partial charge on any atom is -0.465 e. The lowest BCUT2D eigenvalue weighted by Gasteiger charge is -2.27. The molecule has 0 saturated carbocycles. The molecule has 6 N–H and O–H groups in total. The summed E-state index contributed by atoms with van der Waals surface area (Å²) in [6, 6.07) is 14.0. The summed E-state index contributed by atoms with van der Waals surface area (Å²) < 4.78 is 4.64. The van der Waals surface area contributed by atoms with Crippen molar-refractivity contribution in [3.05, 3.63) is 84.5 Å². The second kappa shape index (κ2) is 15.6. The van der Waals surface area contributed by atoms with Crippen LogP contribution in [0.5, 0.6) is 0 Å². The predicted molar refractivity (Wildman–Crippen MR) is 194 cm³/mol. The van der Waals surface area contributed by atoms with Crippen LogP contribution >= 0.6 is 0 Å². The number of carbonyl (C=O) groups excluding carboxylic acids is 3. The van der Waals surface area contributed by atoms with Crippen molar-refractivity contribution in [2.75, 3.05) is 20.2 Å². The van der Waals surface area contributed by atoms with Crippen molar-refractivity contribution >= 4 is 24.0 Å². The van der Waals surface area contributed by atoms with Crippen LogP contribution in [0.2, 0.25) is 0 Å². The van der Waals surface area contributed by atoms with Gasteiger partial charge in [0.1, 0.15) is 23.7 Å². The number of H-pyrrole nitrogens is 3. The lowest BCUT2D eigenvalue weighted by atomic mass is 10.0. The average Bonchev–Trinajstić information content (AvgIpc) is 4.03. The normalized spacial score (nSPS) is 18.0. The SMILES string of the molecule is COC(=O)N[C@@H](C)C(=O)N1CCC[C@H]1c1ncc(-c2ccc(-c3ccc(-c4cnc([C@@H]5CCCN5C(=O)[C@H](Cc5cn[nH]n5)NC(=O)O)[nH]4)cc3)cc2)[nH]1. The molecule has 0 bridgehead atoms. The highest BCUT2D eigenvalue weighted by atomic mass is 16.5. The Labute approximate surface area is 309 Å². The average molecular weight is 736 g/mol. The van der Waals surface area contributed by atoms with Crippen molar-refractivity contribution in [3.8, 4) is 33.6 Å². The van der Waals surface area contributed by atoms with Crippen molar-refractivity contribution in [2.45, 2.75) is 63.2 Å². The first-order valence-corrected chi connectivity index (χ1v) is 17.8. The zero-order valence-corrected chi connectivity index (χ0v) is 29.8. The molecular formula is C37H41N11O6. The van der Waals surface area contributed by atoms with Crippen LogP contribution in [-0.2, 0) is 20.7 Å². The van der Waals surface area contributed by atoms with Crippen LogP contribution in [0.15, 0.2) is 67.1 Å². The molecule has 0 aliphatic carbocycles. The number of imidazole rings is 2. The lowest BCUT2D eigenvalue weighted by molar-refractivity contribution is -0.134. The number of likely N-dealkylation sites (tertiary alicyclic amines) is 2. The third-order valence-corrected chi connectivity index (χ3v) is 9.98. The molecule has 2 fully saturated rings. The van der Waals surface area contributed by atoms with E-state index < -0.39 is 24.3 Å². The number of nitrogens with one attached hydrogen (secondary N) is 5. The van der Waals surface area contributed by atoms with Crippen LogP contribution in [0.25, 0.3) is 33.6 Å². The van der Waals surface area contributed by atoms with Gasteiger partial charge in [-0.3, -0.25) is 9.59 Å². The predicted octanol–water partition coefficient (Wildman–Crippen LogP) is 4.20. The van der Waals surface area contributed by atoms with Crippen molar-refractivity contribution < 1.29 is 29.0 Å². The molecule has 3 aromatic heterocycles. The molecule has 7 rings (SSSR count). The van der Waals surface area contributed by atoms with E-state index in [9.17, 15) is 24.3 Å². The number of aromatic amines is 3. The Kier molecular flexibility index (Phi) is 10.4. The third-order valence-electron chi connectivity index (χ3n) is 9.98. The van der Waals surface area contributed by atoms with E-state index in [1.165, 1.54) is 13.3 Å². The maximum Gasteiger partial charge on any atom is 0.407 e. The number of benzene rings is 2. The van der Waals surface area contributed by atoms with Crippen LogP contribution in [0.4, 0.5) is 9.59 Å². The van der Waals surface area contributed by atoms with Crippen molar-refractivity contribution in [1.29, 1.82) is 0 Å². The summed E-state index contributed by atoms with van der Waals surface area (Å²) in [7, 11) is 1.26. The smallest absolute Gasteiger partial charge is 0.407 e. The second-order valence-electron chi connectivity index (χ2n) is 13.4. The molecule has 2 aliphatic heterocycles. The first kappa shape index (κ1) is 35.9. The molecule has 2 saturated heterocycles. The zero-order valence-electron chi connectivity index (χ0n) is 29.8. The molecule has 54 heavy (non-hydrogen) atoms. The number of alkyl carbamates (subject to hydrolysis) is 1. The Balaban J connectivity index is 0.994. The van der Waals surface area contributed by atoms with E-state index in [-0.39, 0.29) is 30.3 Å². The summed E-state index contributed by atoms with van der Waals surface area (Å²) in [5, 5.41) is 24.5. The Morgan fingerprint density at radius 3 is 1.80 bits per heavy atom. The Morgan fingerprint density at radius 1 is 0.796 bits per heavy atom. The van der Waals surface area contributed by atoms with Crippen molar-refractivity contribution in [3.63, 3.8) is 0 Å². The topological polar surface area (TPSA) is 227 Å². The molecule has 2 aromatic carbocycles. The van der Waals surface area contributed by atoms with Gasteiger partial charge in [0.25, 0.3) is 0 Å². The first-order valence-electron chi connectivity index (χ1n) is 17.8. The molecule has 4 amide bonds. The molecule has 4 atom stereocenters. The second-order valence-corrected chi connectivity index (χ2v) is 13.4. The Morgan fingerprint density at radius 2 is 1.31 bits per heavy atom. The van der Waals surface area contributed by atoms with Gasteiger partial charge in [0.15, 0.2) is 0 Å². The van der Waals surface area contributed by atoms with E-state index in [2.05, 4.69) is 50.7 Å². The summed E-state index contributed by atoms with van der Waals surface area (Å²) in [6.45, 7) is 2.72. The van der Waals surface area contributed by atoms with Gasteiger partial charge in [-0.05, 0) is 54.9 Å². The van der Waals surface area contributed by atoms with Crippen LogP contribution in [0.3, 0.4) is 0 Å². The van der Waals surface area contributed by atoms with E-state index in [1.54, 1.807) is 29.1 Å². The van der Waals surface area contributed by atoms with E-state index in [4.69, 9.17) is 0 Å². The summed E-state index contributed by atoms with van der Waals surface area (Å²) >= 11 is 0. The number of hydrogen-bond acceptors (Lipinski definition) is 9. The molecule has 0 unspecified atom stereocenters. The fraction of sp³-hybridized carbons (Fsp3) is 0.351. The van der Waals surface area contributed by atoms with Gasteiger partial charge in [0, 0.05) is 19.5 Å². The molecule has 5 heterocycles. The summed E-state index contributed by atoms with van der Waals surface area (Å²) in [5.41, 5.74) is 6.08. The Hall–Kier alpha value is -6.52. The number of carboxylic acid groups (broad SMARTS) is 1. The molecule has 0 radical (unpaired) electrons. The van der Waals surface area contributed by atoms with Gasteiger partial charge in [-0.2, -0.15) is 15.4 Å². The highest BCUT2D eigenvalue weighted by molar-refractivity contribution is 5.86. The number of hydrogen-bond donors (Lipinski definition) is 6. The fourth-order valence-corrected chi connectivity index (χ4v) is 7.25. The molecule has 280 valence electrons. The molecule has 17 heteroatoms. The molecule has 0 spiro atoms. The van der Waals surface area contributed by atoms with Crippen LogP contribution in [0.1, 0.15) is 62.0 Å². The monoisotopic (exact) mass is 735 g/mol. The molecule has 5 aromatic rings. The molecule has 17 nitrogen and oxygen atoms in total. The quantitative estimate of drug-likeness (QED) is 0.113. The first-order chi connectivity index (χ1) is 26.2.